The Kier molecular flexibility index (Phi) is 2.82. The van der Waals surface area contributed by atoms with E-state index in [1.54, 1.807) is 12.4 Å². The lowest BCUT2D eigenvalue weighted by Gasteiger charge is -2.01. The maximum Gasteiger partial charge on any atom is 0.182 e. The molecule has 2 N–H and O–H groups in total. The van der Waals surface area contributed by atoms with Gasteiger partial charge in [-0.3, -0.25) is 0 Å². The second kappa shape index (κ2) is 4.45. The van der Waals surface area contributed by atoms with Crippen molar-refractivity contribution in [2.75, 3.05) is 0 Å². The predicted octanol–water partition coefficient (Wildman–Crippen LogP) is 1.49. The number of aromatic amines is 1. The van der Waals surface area contributed by atoms with E-state index in [0.717, 1.165) is 5.56 Å². The van der Waals surface area contributed by atoms with Crippen LogP contribution in [0.4, 0.5) is 0 Å². The average Bonchev–Trinajstić information content (AvgIpc) is 2.80. The molecule has 3 nitrogen and oxygen atoms in total. The average molecular weight is 198 g/mol. The fourth-order valence-electron chi connectivity index (χ4n) is 1.19. The molecule has 1 aromatic carbocycles. The van der Waals surface area contributed by atoms with E-state index in [1.807, 2.05) is 30.3 Å². The monoisotopic (exact) mass is 198 g/mol. The van der Waals surface area contributed by atoms with Gasteiger partial charge in [-0.15, -0.1) is 0 Å². The zero-order chi connectivity index (χ0) is 10.5. The third-order valence-corrected chi connectivity index (χ3v) is 1.94. The summed E-state index contributed by atoms with van der Waals surface area (Å²) in [5, 5.41) is 9.70. The van der Waals surface area contributed by atoms with Crippen molar-refractivity contribution in [2.24, 2.45) is 0 Å². The van der Waals surface area contributed by atoms with Gasteiger partial charge in [0, 0.05) is 12.4 Å². The lowest BCUT2D eigenvalue weighted by molar-refractivity contribution is 0.238. The number of nitrogens with one attached hydrogen (secondary N) is 1. The van der Waals surface area contributed by atoms with Gasteiger partial charge in [0.25, 0.3) is 0 Å². The molecule has 2 aromatic rings. The molecule has 15 heavy (non-hydrogen) atoms. The molecule has 0 spiro atoms. The highest BCUT2D eigenvalue weighted by Gasteiger charge is 2.00. The summed E-state index contributed by atoms with van der Waals surface area (Å²) in [5.74, 6) is 6.03. The number of rotatable bonds is 1. The van der Waals surface area contributed by atoms with Gasteiger partial charge in [-0.2, -0.15) is 0 Å². The number of hydrogen-bond acceptors (Lipinski definition) is 2. The summed E-state index contributed by atoms with van der Waals surface area (Å²) in [5.41, 5.74) is 0.788. The highest BCUT2D eigenvalue weighted by atomic mass is 16.3. The van der Waals surface area contributed by atoms with Crippen molar-refractivity contribution in [3.63, 3.8) is 0 Å². The zero-order valence-corrected chi connectivity index (χ0v) is 8.01. The number of aliphatic hydroxyl groups excluding tert-OH is 1. The van der Waals surface area contributed by atoms with E-state index in [0.29, 0.717) is 5.82 Å². The molecule has 1 unspecified atom stereocenters. The van der Waals surface area contributed by atoms with Gasteiger partial charge in [-0.1, -0.05) is 36.3 Å². The minimum absolute atomic E-state index is 0.560. The quantitative estimate of drug-likeness (QED) is 0.682. The first kappa shape index (κ1) is 9.50. The minimum atomic E-state index is -0.767. The Balaban J connectivity index is 2.13. The summed E-state index contributed by atoms with van der Waals surface area (Å²) in [7, 11) is 0. The van der Waals surface area contributed by atoms with Crippen LogP contribution in [0, 0.1) is 11.8 Å². The minimum Gasteiger partial charge on any atom is -0.376 e. The van der Waals surface area contributed by atoms with Gasteiger partial charge in [-0.25, -0.2) is 4.98 Å². The van der Waals surface area contributed by atoms with Crippen LogP contribution >= 0.6 is 0 Å². The van der Waals surface area contributed by atoms with E-state index in [1.165, 1.54) is 0 Å². The molecule has 0 radical (unpaired) electrons. The molecular formula is C12H10N2O. The molecule has 0 saturated carbocycles. The lowest BCUT2D eigenvalue weighted by atomic mass is 10.1. The first-order chi connectivity index (χ1) is 7.36. The first-order valence-electron chi connectivity index (χ1n) is 4.60. The fourth-order valence-corrected chi connectivity index (χ4v) is 1.19. The van der Waals surface area contributed by atoms with Crippen molar-refractivity contribution in [2.45, 2.75) is 6.10 Å². The first-order valence-corrected chi connectivity index (χ1v) is 4.60. The number of aromatic nitrogens is 2. The lowest BCUT2D eigenvalue weighted by Crippen LogP contribution is -1.92. The van der Waals surface area contributed by atoms with Crippen LogP contribution in [0.5, 0.6) is 0 Å². The van der Waals surface area contributed by atoms with Gasteiger partial charge in [0.05, 0.1) is 0 Å². The van der Waals surface area contributed by atoms with E-state index >= 15 is 0 Å². The Labute approximate surface area is 87.8 Å². The number of H-pyrrole nitrogens is 1. The van der Waals surface area contributed by atoms with Gasteiger partial charge >= 0.3 is 0 Å². The number of nitrogens with zero attached hydrogens (tertiary/aromatic N) is 1. The molecule has 3 heteroatoms. The van der Waals surface area contributed by atoms with Crippen LogP contribution in [-0.4, -0.2) is 15.1 Å². The number of imidazole rings is 1. The van der Waals surface area contributed by atoms with E-state index < -0.39 is 6.10 Å². The third kappa shape index (κ3) is 2.46. The van der Waals surface area contributed by atoms with Crippen molar-refractivity contribution < 1.29 is 5.11 Å². The van der Waals surface area contributed by atoms with Crippen molar-refractivity contribution in [1.82, 2.24) is 9.97 Å². The molecule has 0 aliphatic carbocycles. The molecule has 74 valence electrons. The van der Waals surface area contributed by atoms with E-state index in [4.69, 9.17) is 0 Å². The van der Waals surface area contributed by atoms with Crippen LogP contribution < -0.4 is 0 Å². The summed E-state index contributed by atoms with van der Waals surface area (Å²) in [4.78, 5) is 6.79. The van der Waals surface area contributed by atoms with Crippen molar-refractivity contribution >= 4 is 0 Å². The summed E-state index contributed by atoms with van der Waals surface area (Å²) in [6.45, 7) is 0. The molecule has 1 aromatic heterocycles. The molecule has 0 saturated heterocycles. The van der Waals surface area contributed by atoms with Crippen molar-refractivity contribution in [3.8, 4) is 11.8 Å². The molecule has 0 aliphatic heterocycles. The molecule has 0 aliphatic rings. The normalized spacial score (nSPS) is 11.5. The van der Waals surface area contributed by atoms with Crippen LogP contribution in [-0.2, 0) is 0 Å². The second-order valence-corrected chi connectivity index (χ2v) is 3.02. The Morgan fingerprint density at radius 1 is 1.27 bits per heavy atom. The molecule has 0 amide bonds. The van der Waals surface area contributed by atoms with Gasteiger partial charge in [0.1, 0.15) is 6.10 Å². The van der Waals surface area contributed by atoms with Crippen LogP contribution in [0.3, 0.4) is 0 Å². The van der Waals surface area contributed by atoms with Crippen molar-refractivity contribution in [1.29, 1.82) is 0 Å². The van der Waals surface area contributed by atoms with Crippen LogP contribution in [0.25, 0.3) is 0 Å². The molecular weight excluding hydrogens is 188 g/mol. The van der Waals surface area contributed by atoms with Crippen molar-refractivity contribution in [3.05, 3.63) is 54.1 Å². The van der Waals surface area contributed by atoms with Gasteiger partial charge in [-0.05, 0) is 11.5 Å². The Morgan fingerprint density at radius 3 is 2.73 bits per heavy atom. The number of aliphatic hydroxyl groups is 1. The fraction of sp³-hybridized carbons (Fsp3) is 0.0833. The van der Waals surface area contributed by atoms with E-state index in [2.05, 4.69) is 21.8 Å². The molecule has 0 bridgehead atoms. The summed E-state index contributed by atoms with van der Waals surface area (Å²) >= 11 is 0. The van der Waals surface area contributed by atoms with Crippen LogP contribution in [0.2, 0.25) is 0 Å². The van der Waals surface area contributed by atoms with Gasteiger partial charge < -0.3 is 10.1 Å². The van der Waals surface area contributed by atoms with Crippen LogP contribution in [0.15, 0.2) is 42.7 Å². The molecule has 1 atom stereocenters. The summed E-state index contributed by atoms with van der Waals surface area (Å²) in [6.07, 6.45) is 2.55. The zero-order valence-electron chi connectivity index (χ0n) is 8.01. The highest BCUT2D eigenvalue weighted by Crippen LogP contribution is 2.10. The maximum absolute atomic E-state index is 9.70. The van der Waals surface area contributed by atoms with E-state index in [-0.39, 0.29) is 0 Å². The Morgan fingerprint density at radius 2 is 2.07 bits per heavy atom. The summed E-state index contributed by atoms with van der Waals surface area (Å²) in [6, 6.07) is 9.30. The number of benzene rings is 1. The largest absolute Gasteiger partial charge is 0.376 e. The molecule has 1 heterocycles. The van der Waals surface area contributed by atoms with Crippen LogP contribution in [0.1, 0.15) is 17.5 Å². The smallest absolute Gasteiger partial charge is 0.182 e. The number of hydrogen-bond donors (Lipinski definition) is 2. The SMILES string of the molecule is OC(C#Cc1ncc[nH]1)c1ccccc1. The van der Waals surface area contributed by atoms with Gasteiger partial charge in [0.2, 0.25) is 0 Å². The Bertz CT molecular complexity index is 465. The molecule has 0 fully saturated rings. The van der Waals surface area contributed by atoms with Gasteiger partial charge in [0.15, 0.2) is 5.82 Å². The second-order valence-electron chi connectivity index (χ2n) is 3.02. The highest BCUT2D eigenvalue weighted by molar-refractivity contribution is 5.29. The standard InChI is InChI=1S/C12H10N2O/c15-11(10-4-2-1-3-5-10)6-7-12-13-8-9-14-12/h1-5,8-9,11,15H,(H,13,14). The third-order valence-electron chi connectivity index (χ3n) is 1.94. The molecule has 2 rings (SSSR count). The summed E-state index contributed by atoms with van der Waals surface area (Å²) < 4.78 is 0. The van der Waals surface area contributed by atoms with E-state index in [9.17, 15) is 5.11 Å². The Hall–Kier alpha value is -2.05. The topological polar surface area (TPSA) is 48.9 Å². The maximum atomic E-state index is 9.70. The predicted molar refractivity (Wildman–Crippen MR) is 56.9 cm³/mol.